The summed E-state index contributed by atoms with van der Waals surface area (Å²) in [6.45, 7) is 6.11. The molecule has 0 bridgehead atoms. The number of nitrogens with one attached hydrogen (secondary N) is 2. The second-order valence-corrected chi connectivity index (χ2v) is 7.77. The standard InChI is InChI=1S/C17H24N2O4S/c1-10(2)8-18-17(22)19-15(20)9-23-16(21)14-7-12-6-11(3)4-5-13(12)24-14/h7,10-11H,4-6,8-9H2,1-3H3,(H2,18,19,20,22). The van der Waals surface area contributed by atoms with Crippen LogP contribution in [0.2, 0.25) is 0 Å². The molecule has 1 aromatic rings. The summed E-state index contributed by atoms with van der Waals surface area (Å²) in [6.07, 6.45) is 3.11. The number of urea groups is 1. The highest BCUT2D eigenvalue weighted by atomic mass is 32.1. The zero-order chi connectivity index (χ0) is 17.7. The molecule has 0 aromatic carbocycles. The van der Waals surface area contributed by atoms with Gasteiger partial charge in [-0.2, -0.15) is 0 Å². The lowest BCUT2D eigenvalue weighted by Crippen LogP contribution is -2.42. The quantitative estimate of drug-likeness (QED) is 0.798. The second-order valence-electron chi connectivity index (χ2n) is 6.64. The lowest BCUT2D eigenvalue weighted by atomic mass is 9.90. The number of rotatable bonds is 5. The summed E-state index contributed by atoms with van der Waals surface area (Å²) in [4.78, 5) is 36.9. The van der Waals surface area contributed by atoms with Crippen molar-refractivity contribution in [3.8, 4) is 0 Å². The van der Waals surface area contributed by atoms with Crippen molar-refractivity contribution in [3.63, 3.8) is 0 Å². The van der Waals surface area contributed by atoms with Gasteiger partial charge < -0.3 is 10.1 Å². The van der Waals surface area contributed by atoms with Crippen LogP contribution in [0.5, 0.6) is 0 Å². The highest BCUT2D eigenvalue weighted by molar-refractivity contribution is 7.14. The molecule has 3 amide bonds. The summed E-state index contributed by atoms with van der Waals surface area (Å²) in [5, 5.41) is 4.69. The van der Waals surface area contributed by atoms with Crippen LogP contribution >= 0.6 is 11.3 Å². The molecule has 1 heterocycles. The molecule has 132 valence electrons. The molecule has 0 saturated heterocycles. The third-order valence-electron chi connectivity index (χ3n) is 3.79. The number of thiophene rings is 1. The summed E-state index contributed by atoms with van der Waals surface area (Å²) in [5.41, 5.74) is 1.21. The van der Waals surface area contributed by atoms with E-state index in [1.807, 2.05) is 19.9 Å². The summed E-state index contributed by atoms with van der Waals surface area (Å²) >= 11 is 1.44. The maximum atomic E-state index is 12.1. The fourth-order valence-corrected chi connectivity index (χ4v) is 3.61. The zero-order valence-electron chi connectivity index (χ0n) is 14.3. The van der Waals surface area contributed by atoms with E-state index >= 15 is 0 Å². The van der Waals surface area contributed by atoms with Crippen LogP contribution in [0.4, 0.5) is 4.79 Å². The van der Waals surface area contributed by atoms with Crippen molar-refractivity contribution in [1.29, 1.82) is 0 Å². The molecule has 0 fully saturated rings. The monoisotopic (exact) mass is 352 g/mol. The molecule has 24 heavy (non-hydrogen) atoms. The normalized spacial score (nSPS) is 16.4. The van der Waals surface area contributed by atoms with Crippen LogP contribution in [0.3, 0.4) is 0 Å². The van der Waals surface area contributed by atoms with Gasteiger partial charge in [0.1, 0.15) is 4.88 Å². The molecule has 1 unspecified atom stereocenters. The van der Waals surface area contributed by atoms with Crippen molar-refractivity contribution in [2.45, 2.75) is 40.0 Å². The van der Waals surface area contributed by atoms with E-state index in [0.29, 0.717) is 17.3 Å². The van der Waals surface area contributed by atoms with E-state index in [1.165, 1.54) is 21.8 Å². The van der Waals surface area contributed by atoms with Crippen LogP contribution in [0.15, 0.2) is 6.07 Å². The Hall–Kier alpha value is -1.89. The molecule has 1 aliphatic carbocycles. The van der Waals surface area contributed by atoms with E-state index < -0.39 is 24.5 Å². The molecule has 1 atom stereocenters. The molecular weight excluding hydrogens is 328 g/mol. The summed E-state index contributed by atoms with van der Waals surface area (Å²) in [6, 6.07) is 1.29. The zero-order valence-corrected chi connectivity index (χ0v) is 15.1. The van der Waals surface area contributed by atoms with Gasteiger partial charge in [0, 0.05) is 11.4 Å². The Kier molecular flexibility index (Phi) is 6.36. The first-order valence-electron chi connectivity index (χ1n) is 8.21. The lowest BCUT2D eigenvalue weighted by Gasteiger charge is -2.16. The van der Waals surface area contributed by atoms with Crippen LogP contribution in [-0.4, -0.2) is 31.1 Å². The van der Waals surface area contributed by atoms with Crippen molar-refractivity contribution in [2.75, 3.05) is 13.2 Å². The number of amides is 3. The van der Waals surface area contributed by atoms with E-state index in [-0.39, 0.29) is 5.92 Å². The van der Waals surface area contributed by atoms with Crippen LogP contribution in [-0.2, 0) is 22.4 Å². The van der Waals surface area contributed by atoms with Gasteiger partial charge in [0.15, 0.2) is 6.61 Å². The number of carbonyl (C=O) groups excluding carboxylic acids is 3. The first-order chi connectivity index (χ1) is 11.3. The molecule has 0 aliphatic heterocycles. The lowest BCUT2D eigenvalue weighted by molar-refractivity contribution is -0.123. The van der Waals surface area contributed by atoms with E-state index in [4.69, 9.17) is 4.74 Å². The van der Waals surface area contributed by atoms with Gasteiger partial charge in [-0.25, -0.2) is 9.59 Å². The molecule has 1 aromatic heterocycles. The van der Waals surface area contributed by atoms with E-state index in [0.717, 1.165) is 19.3 Å². The van der Waals surface area contributed by atoms with Gasteiger partial charge in [-0.05, 0) is 42.7 Å². The largest absolute Gasteiger partial charge is 0.451 e. The Bertz CT molecular complexity index is 624. The first kappa shape index (κ1) is 18.4. The van der Waals surface area contributed by atoms with Gasteiger partial charge >= 0.3 is 12.0 Å². The Morgan fingerprint density at radius 2 is 2.12 bits per heavy atom. The van der Waals surface area contributed by atoms with Crippen LogP contribution in [0, 0.1) is 11.8 Å². The highest BCUT2D eigenvalue weighted by Crippen LogP contribution is 2.32. The van der Waals surface area contributed by atoms with Crippen LogP contribution < -0.4 is 10.6 Å². The van der Waals surface area contributed by atoms with E-state index in [9.17, 15) is 14.4 Å². The Balaban J connectivity index is 1.78. The summed E-state index contributed by atoms with van der Waals surface area (Å²) in [5.74, 6) is -0.235. The molecule has 0 saturated carbocycles. The van der Waals surface area contributed by atoms with Crippen molar-refractivity contribution >= 4 is 29.2 Å². The predicted molar refractivity (Wildman–Crippen MR) is 92.2 cm³/mol. The average molecular weight is 352 g/mol. The van der Waals surface area contributed by atoms with Gasteiger partial charge in [-0.15, -0.1) is 11.3 Å². The Morgan fingerprint density at radius 1 is 1.38 bits per heavy atom. The van der Waals surface area contributed by atoms with Gasteiger partial charge in [0.25, 0.3) is 5.91 Å². The second kappa shape index (κ2) is 8.28. The van der Waals surface area contributed by atoms with Crippen LogP contribution in [0.1, 0.15) is 47.3 Å². The number of fused-ring (bicyclic) bond motifs is 1. The molecular formula is C17H24N2O4S. The molecule has 0 radical (unpaired) electrons. The van der Waals surface area contributed by atoms with Gasteiger partial charge in [0.2, 0.25) is 0 Å². The molecule has 7 heteroatoms. The maximum Gasteiger partial charge on any atom is 0.348 e. The molecule has 2 N–H and O–H groups in total. The van der Waals surface area contributed by atoms with Gasteiger partial charge in [-0.1, -0.05) is 20.8 Å². The molecule has 1 aliphatic rings. The minimum Gasteiger partial charge on any atom is -0.451 e. The molecule has 2 rings (SSSR count). The summed E-state index contributed by atoms with van der Waals surface area (Å²) in [7, 11) is 0. The van der Waals surface area contributed by atoms with E-state index in [1.54, 1.807) is 0 Å². The van der Waals surface area contributed by atoms with Crippen molar-refractivity contribution in [3.05, 3.63) is 21.4 Å². The number of ether oxygens (including phenoxy) is 1. The van der Waals surface area contributed by atoms with Crippen LogP contribution in [0.25, 0.3) is 0 Å². The fraction of sp³-hybridized carbons (Fsp3) is 0.588. The number of aryl methyl sites for hydroxylation is 1. The number of hydrogen-bond donors (Lipinski definition) is 2. The topological polar surface area (TPSA) is 84.5 Å². The summed E-state index contributed by atoms with van der Waals surface area (Å²) < 4.78 is 5.00. The number of imide groups is 1. The van der Waals surface area contributed by atoms with E-state index in [2.05, 4.69) is 17.6 Å². The smallest absolute Gasteiger partial charge is 0.348 e. The number of hydrogen-bond acceptors (Lipinski definition) is 5. The van der Waals surface area contributed by atoms with Gasteiger partial charge in [-0.3, -0.25) is 10.1 Å². The molecule has 0 spiro atoms. The Morgan fingerprint density at radius 3 is 2.83 bits per heavy atom. The average Bonchev–Trinajstić information content (AvgIpc) is 2.93. The first-order valence-corrected chi connectivity index (χ1v) is 9.03. The van der Waals surface area contributed by atoms with Crippen molar-refractivity contribution in [2.24, 2.45) is 11.8 Å². The minimum atomic E-state index is -0.639. The number of esters is 1. The number of carbonyl (C=O) groups is 3. The highest BCUT2D eigenvalue weighted by Gasteiger charge is 2.22. The molecule has 6 nitrogen and oxygen atoms in total. The van der Waals surface area contributed by atoms with Gasteiger partial charge in [0.05, 0.1) is 0 Å². The Labute approximate surface area is 146 Å². The predicted octanol–water partition coefficient (Wildman–Crippen LogP) is 2.51. The van der Waals surface area contributed by atoms with Crippen molar-refractivity contribution < 1.29 is 19.1 Å². The third kappa shape index (κ3) is 5.33. The van der Waals surface area contributed by atoms with Crippen molar-refractivity contribution in [1.82, 2.24) is 10.6 Å². The third-order valence-corrected chi connectivity index (χ3v) is 5.01. The maximum absolute atomic E-state index is 12.1. The minimum absolute atomic E-state index is 0.288. The SMILES string of the molecule is CC(C)CNC(=O)NC(=O)COC(=O)c1cc2c(s1)CCC(C)C2. The fourth-order valence-electron chi connectivity index (χ4n) is 2.51.